The molecule has 0 saturated heterocycles. The summed E-state index contributed by atoms with van der Waals surface area (Å²) in [5, 5.41) is 0. The summed E-state index contributed by atoms with van der Waals surface area (Å²) in [6.07, 6.45) is 1.57. The smallest absolute Gasteiger partial charge is 0.343 e. The highest BCUT2D eigenvalue weighted by molar-refractivity contribution is 6.14. The number of allylic oxidation sites excluding steroid dienone is 1. The van der Waals surface area contributed by atoms with E-state index in [2.05, 4.69) is 20.8 Å². The number of ether oxygens (including phenoxy) is 5. The Morgan fingerprint density at radius 2 is 1.47 bits per heavy atom. The van der Waals surface area contributed by atoms with E-state index >= 15 is 0 Å². The van der Waals surface area contributed by atoms with E-state index in [1.807, 2.05) is 12.1 Å². The van der Waals surface area contributed by atoms with E-state index in [1.54, 1.807) is 42.5 Å². The lowest BCUT2D eigenvalue weighted by molar-refractivity contribution is 0.0734. The molecule has 7 nitrogen and oxygen atoms in total. The molecule has 0 aromatic heterocycles. The summed E-state index contributed by atoms with van der Waals surface area (Å²) in [4.78, 5) is 25.6. The van der Waals surface area contributed by atoms with Crippen molar-refractivity contribution in [1.82, 2.24) is 0 Å². The highest BCUT2D eigenvalue weighted by Gasteiger charge is 2.29. The van der Waals surface area contributed by atoms with Crippen molar-refractivity contribution in [2.45, 2.75) is 26.2 Å². The first-order valence-electron chi connectivity index (χ1n) is 11.4. The van der Waals surface area contributed by atoms with E-state index in [-0.39, 0.29) is 22.7 Å². The number of esters is 1. The topological polar surface area (TPSA) is 80.3 Å². The van der Waals surface area contributed by atoms with Gasteiger partial charge in [0, 0.05) is 17.7 Å². The van der Waals surface area contributed by atoms with Crippen LogP contribution in [0.1, 0.15) is 52.6 Å². The lowest BCUT2D eigenvalue weighted by Crippen LogP contribution is -2.12. The van der Waals surface area contributed by atoms with Gasteiger partial charge in [0.1, 0.15) is 17.2 Å². The van der Waals surface area contributed by atoms with Gasteiger partial charge in [0.15, 0.2) is 17.3 Å². The summed E-state index contributed by atoms with van der Waals surface area (Å²) in [6.45, 7) is 6.32. The molecule has 1 heterocycles. The largest absolute Gasteiger partial charge is 0.496 e. The highest BCUT2D eigenvalue weighted by Crippen LogP contribution is 2.39. The SMILES string of the molecule is COc1cc(OC)c(OC)cc1/C=C1\Oc2cc(OC(=O)c3ccc(C(C)(C)C)cc3)ccc2C1=O. The first-order valence-corrected chi connectivity index (χ1v) is 11.4. The minimum atomic E-state index is -0.495. The van der Waals surface area contributed by atoms with E-state index in [1.165, 1.54) is 27.4 Å². The van der Waals surface area contributed by atoms with E-state index in [4.69, 9.17) is 23.7 Å². The second-order valence-corrected chi connectivity index (χ2v) is 9.26. The molecule has 0 N–H and O–H groups in total. The van der Waals surface area contributed by atoms with Crippen molar-refractivity contribution in [2.75, 3.05) is 21.3 Å². The van der Waals surface area contributed by atoms with Crippen molar-refractivity contribution in [3.8, 4) is 28.7 Å². The fraction of sp³-hybridized carbons (Fsp3) is 0.241. The molecule has 0 unspecified atom stereocenters. The van der Waals surface area contributed by atoms with Crippen molar-refractivity contribution in [2.24, 2.45) is 0 Å². The number of methoxy groups -OCH3 is 3. The summed E-state index contributed by atoms with van der Waals surface area (Å²) in [7, 11) is 4.57. The Labute approximate surface area is 210 Å². The molecule has 186 valence electrons. The second kappa shape index (κ2) is 9.77. The van der Waals surface area contributed by atoms with Gasteiger partial charge in [-0.25, -0.2) is 4.79 Å². The van der Waals surface area contributed by atoms with Crippen LogP contribution in [-0.4, -0.2) is 33.1 Å². The molecule has 4 rings (SSSR count). The van der Waals surface area contributed by atoms with E-state index in [0.717, 1.165) is 5.56 Å². The highest BCUT2D eigenvalue weighted by atomic mass is 16.5. The zero-order valence-electron chi connectivity index (χ0n) is 21.1. The van der Waals surface area contributed by atoms with Crippen LogP contribution in [0, 0.1) is 0 Å². The molecule has 0 atom stereocenters. The van der Waals surface area contributed by atoms with E-state index in [0.29, 0.717) is 39.7 Å². The number of carbonyl (C=O) groups excluding carboxylic acids is 2. The zero-order chi connectivity index (χ0) is 26.0. The maximum Gasteiger partial charge on any atom is 0.343 e. The maximum atomic E-state index is 12.9. The van der Waals surface area contributed by atoms with Crippen molar-refractivity contribution >= 4 is 17.8 Å². The zero-order valence-corrected chi connectivity index (χ0v) is 21.1. The van der Waals surface area contributed by atoms with Gasteiger partial charge in [-0.15, -0.1) is 0 Å². The Morgan fingerprint density at radius 3 is 2.08 bits per heavy atom. The molecule has 0 spiro atoms. The first-order chi connectivity index (χ1) is 17.1. The van der Waals surface area contributed by atoms with Gasteiger partial charge in [0.05, 0.1) is 32.5 Å². The van der Waals surface area contributed by atoms with Crippen LogP contribution in [0.15, 0.2) is 60.4 Å². The van der Waals surface area contributed by atoms with Gasteiger partial charge >= 0.3 is 5.97 Å². The fourth-order valence-corrected chi connectivity index (χ4v) is 3.81. The predicted molar refractivity (Wildman–Crippen MR) is 136 cm³/mol. The Balaban J connectivity index is 1.56. The van der Waals surface area contributed by atoms with Crippen LogP contribution >= 0.6 is 0 Å². The number of carbonyl (C=O) groups is 2. The molecule has 0 aliphatic carbocycles. The monoisotopic (exact) mass is 488 g/mol. The number of hydrogen-bond donors (Lipinski definition) is 0. The number of ketones is 1. The van der Waals surface area contributed by atoms with Gasteiger partial charge in [-0.1, -0.05) is 32.9 Å². The van der Waals surface area contributed by atoms with Gasteiger partial charge in [-0.05, 0) is 47.4 Å². The Hall–Kier alpha value is -4.26. The molecule has 0 saturated carbocycles. The number of fused-ring (bicyclic) bond motifs is 1. The van der Waals surface area contributed by atoms with Crippen LogP contribution in [0.2, 0.25) is 0 Å². The molecule has 0 radical (unpaired) electrons. The molecule has 0 amide bonds. The normalized spacial score (nSPS) is 13.7. The molecule has 0 fully saturated rings. The molecular weight excluding hydrogens is 460 g/mol. The van der Waals surface area contributed by atoms with Crippen molar-refractivity contribution in [3.05, 3.63) is 82.6 Å². The number of Topliss-reactive ketones (excluding diaryl/α,β-unsaturated/α-hetero) is 1. The van der Waals surface area contributed by atoms with E-state index < -0.39 is 5.97 Å². The van der Waals surface area contributed by atoms with Crippen molar-refractivity contribution in [1.29, 1.82) is 0 Å². The van der Waals surface area contributed by atoms with Crippen LogP contribution in [0.3, 0.4) is 0 Å². The molecular formula is C29H28O7. The van der Waals surface area contributed by atoms with Gasteiger partial charge in [0.25, 0.3) is 0 Å². The van der Waals surface area contributed by atoms with Crippen LogP contribution in [0.25, 0.3) is 6.08 Å². The number of rotatable bonds is 6. The van der Waals surface area contributed by atoms with Crippen LogP contribution in [0.4, 0.5) is 0 Å². The minimum Gasteiger partial charge on any atom is -0.496 e. The van der Waals surface area contributed by atoms with Gasteiger partial charge in [-0.3, -0.25) is 4.79 Å². The minimum absolute atomic E-state index is 0.0154. The second-order valence-electron chi connectivity index (χ2n) is 9.26. The van der Waals surface area contributed by atoms with Crippen LogP contribution in [0.5, 0.6) is 28.7 Å². The molecule has 3 aromatic carbocycles. The molecule has 1 aliphatic heterocycles. The average molecular weight is 489 g/mol. The molecule has 0 bridgehead atoms. The van der Waals surface area contributed by atoms with Gasteiger partial charge in [-0.2, -0.15) is 0 Å². The van der Waals surface area contributed by atoms with Crippen molar-refractivity contribution in [3.63, 3.8) is 0 Å². The third-order valence-electron chi connectivity index (χ3n) is 5.86. The maximum absolute atomic E-state index is 12.9. The lowest BCUT2D eigenvalue weighted by atomic mass is 9.87. The Kier molecular flexibility index (Phi) is 6.75. The van der Waals surface area contributed by atoms with Gasteiger partial charge in [0.2, 0.25) is 5.78 Å². The Morgan fingerprint density at radius 1 is 0.833 bits per heavy atom. The van der Waals surface area contributed by atoms with Gasteiger partial charge < -0.3 is 23.7 Å². The average Bonchev–Trinajstić information content (AvgIpc) is 3.17. The summed E-state index contributed by atoms with van der Waals surface area (Å²) >= 11 is 0. The molecule has 1 aliphatic rings. The third-order valence-corrected chi connectivity index (χ3v) is 5.86. The number of benzene rings is 3. The first kappa shape index (κ1) is 24.9. The van der Waals surface area contributed by atoms with Crippen LogP contribution < -0.4 is 23.7 Å². The summed E-state index contributed by atoms with van der Waals surface area (Å²) < 4.78 is 27.5. The summed E-state index contributed by atoms with van der Waals surface area (Å²) in [6, 6.07) is 15.4. The predicted octanol–water partition coefficient (Wildman–Crippen LogP) is 5.85. The Bertz CT molecular complexity index is 1350. The summed E-state index contributed by atoms with van der Waals surface area (Å²) in [5.41, 5.74) is 2.49. The third kappa shape index (κ3) is 4.91. The molecule has 7 heteroatoms. The van der Waals surface area contributed by atoms with E-state index in [9.17, 15) is 9.59 Å². The van der Waals surface area contributed by atoms with Crippen molar-refractivity contribution < 1.29 is 33.3 Å². The molecule has 36 heavy (non-hydrogen) atoms. The number of hydrogen-bond acceptors (Lipinski definition) is 7. The molecule has 3 aromatic rings. The summed E-state index contributed by atoms with van der Waals surface area (Å²) in [5.74, 6) is 1.37. The fourth-order valence-electron chi connectivity index (χ4n) is 3.81. The standard InChI is InChI=1S/C29H28O7/c1-29(2,3)19-9-7-17(8-10-19)28(31)35-20-11-12-21-23(15-20)36-26(27(21)30)14-18-13-24(33-5)25(34-6)16-22(18)32-4/h7-16H,1-6H3/b26-14-. The lowest BCUT2D eigenvalue weighted by Gasteiger charge is -2.18. The van der Waals surface area contributed by atoms with Crippen LogP contribution in [-0.2, 0) is 5.41 Å². The quantitative estimate of drug-likeness (QED) is 0.245.